The number of ether oxygens (including phenoxy) is 4. The Bertz CT molecular complexity index is 925. The zero-order valence-corrected chi connectivity index (χ0v) is 21.4. The number of carbonyl (C=O) groups excluding carboxylic acids is 4. The average molecular weight is 531 g/mol. The minimum atomic E-state index is -1.03. The highest BCUT2D eigenvalue weighted by molar-refractivity contribution is 5.89. The van der Waals surface area contributed by atoms with E-state index in [9.17, 15) is 19.2 Å². The zero-order valence-electron chi connectivity index (χ0n) is 21.4. The SMILES string of the molecule is C[C@H](OC(=O)NCCNCCNCCNC(=O)O[C@@H](C)OC(=O)c1ccccc1)OC(=O)c1ccccc1. The Kier molecular flexibility index (Phi) is 13.7. The van der Waals surface area contributed by atoms with Gasteiger partial charge in [0, 0.05) is 53.1 Å². The molecule has 0 spiro atoms. The van der Waals surface area contributed by atoms with Crippen molar-refractivity contribution in [1.29, 1.82) is 0 Å². The summed E-state index contributed by atoms with van der Waals surface area (Å²) in [5, 5.41) is 11.4. The lowest BCUT2D eigenvalue weighted by Gasteiger charge is -2.15. The van der Waals surface area contributed by atoms with Crippen molar-refractivity contribution in [3.05, 3.63) is 71.8 Å². The molecule has 12 nitrogen and oxygen atoms in total. The molecule has 0 saturated carbocycles. The van der Waals surface area contributed by atoms with Gasteiger partial charge >= 0.3 is 24.1 Å². The van der Waals surface area contributed by atoms with E-state index in [1.807, 2.05) is 0 Å². The van der Waals surface area contributed by atoms with E-state index in [4.69, 9.17) is 18.9 Å². The maximum absolute atomic E-state index is 11.9. The van der Waals surface area contributed by atoms with Crippen molar-refractivity contribution in [2.45, 2.75) is 26.4 Å². The number of hydrogen-bond donors (Lipinski definition) is 4. The van der Waals surface area contributed by atoms with Crippen LogP contribution in [-0.2, 0) is 18.9 Å². The first-order valence-electron chi connectivity index (χ1n) is 12.2. The Balaban J connectivity index is 1.41. The quantitative estimate of drug-likeness (QED) is 0.153. The highest BCUT2D eigenvalue weighted by Crippen LogP contribution is 2.05. The van der Waals surface area contributed by atoms with E-state index >= 15 is 0 Å². The molecule has 0 aliphatic rings. The third-order valence-electron chi connectivity index (χ3n) is 4.73. The highest BCUT2D eigenvalue weighted by Gasteiger charge is 2.16. The predicted molar refractivity (Wildman–Crippen MR) is 137 cm³/mol. The molecule has 2 atom stereocenters. The van der Waals surface area contributed by atoms with Crippen LogP contribution in [0, 0.1) is 0 Å². The summed E-state index contributed by atoms with van der Waals surface area (Å²) in [6.45, 7) is 5.80. The monoisotopic (exact) mass is 530 g/mol. The first-order chi connectivity index (χ1) is 18.3. The normalized spacial score (nSPS) is 11.9. The second kappa shape index (κ2) is 17.3. The minimum Gasteiger partial charge on any atom is -0.422 e. The number of alkyl carbamates (subject to hydrolysis) is 2. The second-order valence-corrected chi connectivity index (χ2v) is 7.84. The van der Waals surface area contributed by atoms with E-state index in [1.165, 1.54) is 13.8 Å². The van der Waals surface area contributed by atoms with Crippen molar-refractivity contribution in [2.24, 2.45) is 0 Å². The van der Waals surface area contributed by atoms with Gasteiger partial charge in [0.25, 0.3) is 0 Å². The van der Waals surface area contributed by atoms with Crippen molar-refractivity contribution in [1.82, 2.24) is 21.3 Å². The number of nitrogens with one attached hydrogen (secondary N) is 4. The van der Waals surface area contributed by atoms with Crippen LogP contribution in [0.4, 0.5) is 9.59 Å². The molecule has 0 radical (unpaired) electrons. The molecule has 0 heterocycles. The summed E-state index contributed by atoms with van der Waals surface area (Å²) in [4.78, 5) is 47.4. The van der Waals surface area contributed by atoms with Crippen LogP contribution < -0.4 is 21.3 Å². The van der Waals surface area contributed by atoms with Gasteiger partial charge in [-0.1, -0.05) is 36.4 Å². The molecule has 2 rings (SSSR count). The smallest absolute Gasteiger partial charge is 0.410 e. The topological polar surface area (TPSA) is 153 Å². The van der Waals surface area contributed by atoms with E-state index in [-0.39, 0.29) is 0 Å². The van der Waals surface area contributed by atoms with E-state index in [2.05, 4.69) is 21.3 Å². The zero-order chi connectivity index (χ0) is 27.6. The number of hydrogen-bond acceptors (Lipinski definition) is 10. The number of benzene rings is 2. The first-order valence-corrected chi connectivity index (χ1v) is 12.2. The van der Waals surface area contributed by atoms with Crippen LogP contribution >= 0.6 is 0 Å². The molecule has 4 N–H and O–H groups in total. The van der Waals surface area contributed by atoms with Crippen LogP contribution in [0.2, 0.25) is 0 Å². The fraction of sp³-hybridized carbons (Fsp3) is 0.385. The summed E-state index contributed by atoms with van der Waals surface area (Å²) in [5.74, 6) is -1.16. The summed E-state index contributed by atoms with van der Waals surface area (Å²) in [6, 6.07) is 16.8. The molecule has 38 heavy (non-hydrogen) atoms. The molecule has 2 aromatic rings. The van der Waals surface area contributed by atoms with Gasteiger partial charge in [0.05, 0.1) is 11.1 Å². The third kappa shape index (κ3) is 12.7. The fourth-order valence-electron chi connectivity index (χ4n) is 2.95. The van der Waals surface area contributed by atoms with Gasteiger partial charge in [0.15, 0.2) is 0 Å². The van der Waals surface area contributed by atoms with Crippen LogP contribution in [0.3, 0.4) is 0 Å². The van der Waals surface area contributed by atoms with Crippen LogP contribution in [0.25, 0.3) is 0 Å². The predicted octanol–water partition coefficient (Wildman–Crippen LogP) is 2.02. The fourth-order valence-corrected chi connectivity index (χ4v) is 2.95. The lowest BCUT2D eigenvalue weighted by atomic mass is 10.2. The molecule has 12 heteroatoms. The van der Waals surface area contributed by atoms with Gasteiger partial charge in [0.2, 0.25) is 12.6 Å². The van der Waals surface area contributed by atoms with Gasteiger partial charge in [-0.2, -0.15) is 0 Å². The molecule has 0 aromatic heterocycles. The van der Waals surface area contributed by atoms with Crippen molar-refractivity contribution < 1.29 is 38.1 Å². The molecule has 0 bridgehead atoms. The van der Waals surface area contributed by atoms with E-state index < -0.39 is 36.7 Å². The lowest BCUT2D eigenvalue weighted by molar-refractivity contribution is -0.0613. The Labute approximate surface area is 221 Å². The van der Waals surface area contributed by atoms with E-state index in [0.29, 0.717) is 50.4 Å². The van der Waals surface area contributed by atoms with Crippen LogP contribution in [0.15, 0.2) is 60.7 Å². The van der Waals surface area contributed by atoms with Crippen LogP contribution in [0.1, 0.15) is 34.6 Å². The number of amides is 2. The van der Waals surface area contributed by atoms with Gasteiger partial charge in [-0.05, 0) is 24.3 Å². The highest BCUT2D eigenvalue weighted by atomic mass is 16.7. The summed E-state index contributed by atoms with van der Waals surface area (Å²) in [5.41, 5.74) is 0.738. The Morgan fingerprint density at radius 3 is 1.26 bits per heavy atom. The average Bonchev–Trinajstić information content (AvgIpc) is 2.90. The van der Waals surface area contributed by atoms with Crippen molar-refractivity contribution in [3.63, 3.8) is 0 Å². The Morgan fingerprint density at radius 2 is 0.895 bits per heavy atom. The largest absolute Gasteiger partial charge is 0.422 e. The van der Waals surface area contributed by atoms with E-state index in [1.54, 1.807) is 60.7 Å². The summed E-state index contributed by atoms with van der Waals surface area (Å²) < 4.78 is 20.1. The molecular formula is C26H34N4O8. The molecule has 0 unspecified atom stereocenters. The van der Waals surface area contributed by atoms with Crippen LogP contribution in [-0.4, -0.2) is 76.0 Å². The number of esters is 2. The number of carbonyl (C=O) groups is 4. The lowest BCUT2D eigenvalue weighted by Crippen LogP contribution is -2.38. The second-order valence-electron chi connectivity index (χ2n) is 7.84. The van der Waals surface area contributed by atoms with Crippen molar-refractivity contribution in [3.8, 4) is 0 Å². The van der Waals surface area contributed by atoms with Gasteiger partial charge in [0.1, 0.15) is 0 Å². The van der Waals surface area contributed by atoms with Crippen molar-refractivity contribution in [2.75, 3.05) is 39.3 Å². The minimum absolute atomic E-state index is 0.318. The van der Waals surface area contributed by atoms with Crippen molar-refractivity contribution >= 4 is 24.1 Å². The standard InChI is InChI=1S/C26H34N4O8/c1-19(35-23(31)21-9-5-3-6-10-21)37-25(33)29-17-15-27-13-14-28-16-18-30-26(34)38-20(2)36-24(32)22-11-7-4-8-12-22/h3-12,19-20,27-28H,13-18H2,1-2H3,(H,29,33)(H,30,34)/t19-,20-/m0/s1. The maximum Gasteiger partial charge on any atom is 0.410 e. The van der Waals surface area contributed by atoms with Gasteiger partial charge in [-0.3, -0.25) is 0 Å². The molecule has 0 fully saturated rings. The molecule has 2 aromatic carbocycles. The molecule has 0 saturated heterocycles. The molecular weight excluding hydrogens is 496 g/mol. The summed E-state index contributed by atoms with van der Waals surface area (Å²) in [6.07, 6.45) is -3.45. The van der Waals surface area contributed by atoms with Gasteiger partial charge in [-0.15, -0.1) is 0 Å². The molecule has 0 aliphatic heterocycles. The summed E-state index contributed by atoms with van der Waals surface area (Å²) in [7, 11) is 0. The van der Waals surface area contributed by atoms with Gasteiger partial charge < -0.3 is 40.2 Å². The maximum atomic E-state index is 11.9. The third-order valence-corrected chi connectivity index (χ3v) is 4.73. The molecule has 2 amide bonds. The van der Waals surface area contributed by atoms with Gasteiger partial charge in [-0.25, -0.2) is 19.2 Å². The van der Waals surface area contributed by atoms with Crippen LogP contribution in [0.5, 0.6) is 0 Å². The Morgan fingerprint density at radius 1 is 0.553 bits per heavy atom. The first kappa shape index (κ1) is 30.1. The number of rotatable bonds is 15. The molecule has 206 valence electrons. The van der Waals surface area contributed by atoms with E-state index in [0.717, 1.165) is 0 Å². The molecule has 0 aliphatic carbocycles. The summed E-state index contributed by atoms with van der Waals surface area (Å²) >= 11 is 0. The Hall–Kier alpha value is -4.16.